The number of rotatable bonds is 7. The first-order chi connectivity index (χ1) is 16.1. The third-order valence-electron chi connectivity index (χ3n) is 10.0. The molecule has 34 heavy (non-hydrogen) atoms. The Morgan fingerprint density at radius 3 is 2.50 bits per heavy atom. The van der Waals surface area contributed by atoms with E-state index in [9.17, 15) is 19.2 Å². The highest BCUT2D eigenvalue weighted by Crippen LogP contribution is 2.66. The fourth-order valence-corrected chi connectivity index (χ4v) is 8.32. The number of amides is 1. The summed E-state index contributed by atoms with van der Waals surface area (Å²) in [5.74, 6) is 0.779. The summed E-state index contributed by atoms with van der Waals surface area (Å²) in [7, 11) is 0. The SMILES string of the molecule is CC12CCC(=O)CC1CCC1C2CCC2(C)C(OC(=O)CCC(=O)NC(CS)C(=O)O)CCC12. The Hall–Kier alpha value is -1.57. The highest BCUT2D eigenvalue weighted by molar-refractivity contribution is 7.80. The van der Waals surface area contributed by atoms with Gasteiger partial charge in [0.15, 0.2) is 0 Å². The number of ketones is 1. The molecular weight excluding hydrogens is 454 g/mol. The van der Waals surface area contributed by atoms with Gasteiger partial charge in [-0.15, -0.1) is 0 Å². The molecule has 4 saturated carbocycles. The molecule has 1 amide bonds. The molecule has 4 aliphatic carbocycles. The van der Waals surface area contributed by atoms with Gasteiger partial charge in [-0.1, -0.05) is 13.8 Å². The lowest BCUT2D eigenvalue weighted by Crippen LogP contribution is -2.54. The number of ether oxygens (including phenoxy) is 1. The average Bonchev–Trinajstić information content (AvgIpc) is 3.12. The summed E-state index contributed by atoms with van der Waals surface area (Å²) in [6.45, 7) is 4.72. The number of Topliss-reactive ketones (excluding diaryl/α,β-unsaturated/α-hetero) is 1. The highest BCUT2D eigenvalue weighted by atomic mass is 32.1. The van der Waals surface area contributed by atoms with E-state index in [0.29, 0.717) is 29.5 Å². The number of hydrogen-bond acceptors (Lipinski definition) is 6. The molecule has 190 valence electrons. The molecule has 8 heteroatoms. The van der Waals surface area contributed by atoms with Crippen molar-refractivity contribution in [2.45, 2.75) is 96.6 Å². The van der Waals surface area contributed by atoms with Gasteiger partial charge in [0.25, 0.3) is 0 Å². The van der Waals surface area contributed by atoms with Gasteiger partial charge in [0.1, 0.15) is 17.9 Å². The lowest BCUT2D eigenvalue weighted by Gasteiger charge is -2.60. The fraction of sp³-hybridized carbons (Fsp3) is 0.846. The quantitative estimate of drug-likeness (QED) is 0.368. The maximum Gasteiger partial charge on any atom is 0.327 e. The van der Waals surface area contributed by atoms with Crippen LogP contribution >= 0.6 is 12.6 Å². The molecule has 0 heterocycles. The maximum absolute atomic E-state index is 12.6. The summed E-state index contributed by atoms with van der Waals surface area (Å²) in [5, 5.41) is 11.4. The zero-order valence-electron chi connectivity index (χ0n) is 20.4. The van der Waals surface area contributed by atoms with Crippen LogP contribution in [-0.2, 0) is 23.9 Å². The van der Waals surface area contributed by atoms with E-state index in [1.54, 1.807) is 0 Å². The molecule has 0 aromatic heterocycles. The van der Waals surface area contributed by atoms with Crippen molar-refractivity contribution in [2.24, 2.45) is 34.5 Å². The van der Waals surface area contributed by atoms with Gasteiger partial charge in [-0.2, -0.15) is 12.6 Å². The molecule has 0 aromatic carbocycles. The van der Waals surface area contributed by atoms with E-state index in [2.05, 4.69) is 31.8 Å². The molecular formula is C26H39NO6S. The van der Waals surface area contributed by atoms with Gasteiger partial charge in [0.05, 0.1) is 6.42 Å². The maximum atomic E-state index is 12.6. The van der Waals surface area contributed by atoms with Crippen LogP contribution in [0.1, 0.15) is 84.5 Å². The Bertz CT molecular complexity index is 847. The number of esters is 1. The van der Waals surface area contributed by atoms with E-state index in [0.717, 1.165) is 51.4 Å². The van der Waals surface area contributed by atoms with Gasteiger partial charge in [-0.25, -0.2) is 4.79 Å². The van der Waals surface area contributed by atoms with Crippen molar-refractivity contribution in [1.29, 1.82) is 0 Å². The first kappa shape index (κ1) is 25.5. The molecule has 8 unspecified atom stereocenters. The number of carbonyl (C=O) groups excluding carboxylic acids is 3. The van der Waals surface area contributed by atoms with Crippen molar-refractivity contribution in [2.75, 3.05) is 5.75 Å². The lowest BCUT2D eigenvalue weighted by molar-refractivity contribution is -0.164. The monoisotopic (exact) mass is 493 g/mol. The summed E-state index contributed by atoms with van der Waals surface area (Å²) in [5.41, 5.74) is 0.230. The van der Waals surface area contributed by atoms with Crippen molar-refractivity contribution >= 4 is 36.3 Å². The normalized spacial score (nSPS) is 39.9. The number of carboxylic acid groups (broad SMARTS) is 1. The second-order valence-electron chi connectivity index (χ2n) is 11.6. The number of carbonyl (C=O) groups is 4. The van der Waals surface area contributed by atoms with Crippen LogP contribution in [0.15, 0.2) is 0 Å². The van der Waals surface area contributed by atoms with E-state index in [1.165, 1.54) is 6.42 Å². The van der Waals surface area contributed by atoms with Crippen molar-refractivity contribution < 1.29 is 29.0 Å². The first-order valence-corrected chi connectivity index (χ1v) is 13.6. The van der Waals surface area contributed by atoms with Gasteiger partial charge in [0.2, 0.25) is 5.91 Å². The van der Waals surface area contributed by atoms with Crippen LogP contribution in [0, 0.1) is 34.5 Å². The molecule has 8 atom stereocenters. The Morgan fingerprint density at radius 2 is 1.79 bits per heavy atom. The minimum atomic E-state index is -1.14. The minimum absolute atomic E-state index is 0.00834. The Labute approximate surface area is 207 Å². The lowest BCUT2D eigenvalue weighted by atomic mass is 9.45. The van der Waals surface area contributed by atoms with Crippen LogP contribution in [0.5, 0.6) is 0 Å². The molecule has 0 spiro atoms. The Balaban J connectivity index is 1.34. The topological polar surface area (TPSA) is 110 Å². The second-order valence-corrected chi connectivity index (χ2v) is 12.0. The Morgan fingerprint density at radius 1 is 1.06 bits per heavy atom. The van der Waals surface area contributed by atoms with Gasteiger partial charge in [-0.05, 0) is 74.0 Å². The third-order valence-corrected chi connectivity index (χ3v) is 10.4. The molecule has 4 aliphatic rings. The highest BCUT2D eigenvalue weighted by Gasteiger charge is 2.61. The van der Waals surface area contributed by atoms with Gasteiger partial charge < -0.3 is 15.2 Å². The van der Waals surface area contributed by atoms with Gasteiger partial charge >= 0.3 is 11.9 Å². The molecule has 7 nitrogen and oxygen atoms in total. The molecule has 0 saturated heterocycles. The van der Waals surface area contributed by atoms with E-state index in [4.69, 9.17) is 9.84 Å². The van der Waals surface area contributed by atoms with Crippen molar-refractivity contribution in [3.8, 4) is 0 Å². The summed E-state index contributed by atoms with van der Waals surface area (Å²) in [6.07, 6.45) is 8.66. The largest absolute Gasteiger partial charge is 0.480 e. The van der Waals surface area contributed by atoms with E-state index in [-0.39, 0.29) is 41.5 Å². The molecule has 4 fully saturated rings. The third kappa shape index (κ3) is 4.63. The summed E-state index contributed by atoms with van der Waals surface area (Å²) >= 11 is 3.93. The zero-order chi connectivity index (χ0) is 24.7. The van der Waals surface area contributed by atoms with Crippen molar-refractivity contribution in [3.05, 3.63) is 0 Å². The van der Waals surface area contributed by atoms with Crippen molar-refractivity contribution in [1.82, 2.24) is 5.32 Å². The van der Waals surface area contributed by atoms with Crippen LogP contribution < -0.4 is 5.32 Å². The number of aliphatic carboxylic acids is 1. The summed E-state index contributed by atoms with van der Waals surface area (Å²) < 4.78 is 5.94. The van der Waals surface area contributed by atoms with Crippen LogP contribution in [0.2, 0.25) is 0 Å². The van der Waals surface area contributed by atoms with Crippen LogP contribution in [0.4, 0.5) is 0 Å². The first-order valence-electron chi connectivity index (χ1n) is 12.9. The van der Waals surface area contributed by atoms with Crippen LogP contribution in [0.25, 0.3) is 0 Å². The average molecular weight is 494 g/mol. The van der Waals surface area contributed by atoms with E-state index >= 15 is 0 Å². The van der Waals surface area contributed by atoms with Gasteiger partial charge in [0, 0.05) is 30.4 Å². The predicted octanol–water partition coefficient (Wildman–Crippen LogP) is 3.79. The summed E-state index contributed by atoms with van der Waals surface area (Å²) in [4.78, 5) is 47.8. The molecule has 4 rings (SSSR count). The number of hydrogen-bond donors (Lipinski definition) is 3. The van der Waals surface area contributed by atoms with Crippen LogP contribution in [0.3, 0.4) is 0 Å². The molecule has 0 radical (unpaired) electrons. The number of nitrogens with one attached hydrogen (secondary N) is 1. The summed E-state index contributed by atoms with van der Waals surface area (Å²) in [6, 6.07) is -1.06. The molecule has 0 aliphatic heterocycles. The molecule has 0 aromatic rings. The Kier molecular flexibility index (Phi) is 7.37. The fourth-order valence-electron chi connectivity index (χ4n) is 8.08. The predicted molar refractivity (Wildman–Crippen MR) is 129 cm³/mol. The second kappa shape index (κ2) is 9.82. The minimum Gasteiger partial charge on any atom is -0.480 e. The number of thiol groups is 1. The molecule has 2 N–H and O–H groups in total. The van der Waals surface area contributed by atoms with Crippen LogP contribution in [-0.4, -0.2) is 46.6 Å². The smallest absolute Gasteiger partial charge is 0.327 e. The number of fused-ring (bicyclic) bond motifs is 5. The van der Waals surface area contributed by atoms with Gasteiger partial charge in [-0.3, -0.25) is 14.4 Å². The van der Waals surface area contributed by atoms with Crippen molar-refractivity contribution in [3.63, 3.8) is 0 Å². The standard InChI is InChI=1S/C26H39NO6S/c1-25-11-9-16(28)13-15(25)3-4-17-18-5-6-21(26(18,2)12-10-19(17)25)33-23(30)8-7-22(29)27-20(14-34)24(31)32/h15,17-21,34H,3-14H2,1-2H3,(H,27,29)(H,31,32). The molecule has 0 bridgehead atoms. The number of carboxylic acids is 1. The van der Waals surface area contributed by atoms with E-state index in [1.807, 2.05) is 0 Å². The van der Waals surface area contributed by atoms with E-state index < -0.39 is 17.9 Å². The zero-order valence-corrected chi connectivity index (χ0v) is 21.3.